The van der Waals surface area contributed by atoms with Crippen molar-refractivity contribution in [3.05, 3.63) is 82.3 Å². The predicted molar refractivity (Wildman–Crippen MR) is 117 cm³/mol. The number of aromatic nitrogens is 2. The molecule has 3 heterocycles. The number of halogens is 4. The predicted octanol–water partition coefficient (Wildman–Crippen LogP) is 4.31. The van der Waals surface area contributed by atoms with Gasteiger partial charge in [-0.05, 0) is 29.3 Å². The van der Waals surface area contributed by atoms with Crippen LogP contribution < -0.4 is 5.32 Å². The van der Waals surface area contributed by atoms with E-state index >= 15 is 0 Å². The number of rotatable bonds is 6. The molecule has 0 spiro atoms. The van der Waals surface area contributed by atoms with Crippen molar-refractivity contribution in [3.63, 3.8) is 0 Å². The first kappa shape index (κ1) is 23.3. The maximum Gasteiger partial charge on any atom is 0.417 e. The number of hydrogen-bond donors (Lipinski definition) is 1. The molecular weight excluding hydrogens is 457 g/mol. The molecule has 0 saturated carbocycles. The van der Waals surface area contributed by atoms with Crippen LogP contribution in [0.25, 0.3) is 5.82 Å². The number of nitrogens with one attached hydrogen (secondary N) is 1. The van der Waals surface area contributed by atoms with E-state index in [2.05, 4.69) is 15.2 Å². The second kappa shape index (κ2) is 9.94. The summed E-state index contributed by atoms with van der Waals surface area (Å²) in [7, 11) is 0. The molecular formula is C23H22ClF3N4O2. The summed E-state index contributed by atoms with van der Waals surface area (Å²) in [6.07, 6.45) is -2.33. The molecule has 174 valence electrons. The third-order valence-corrected chi connectivity index (χ3v) is 5.62. The molecule has 3 aromatic rings. The maximum absolute atomic E-state index is 12.9. The molecule has 1 N–H and O–H groups in total. The van der Waals surface area contributed by atoms with E-state index in [0.29, 0.717) is 12.7 Å². The van der Waals surface area contributed by atoms with Crippen LogP contribution in [-0.4, -0.2) is 46.7 Å². The molecule has 10 heteroatoms. The summed E-state index contributed by atoms with van der Waals surface area (Å²) in [5.74, 6) is -0.345. The van der Waals surface area contributed by atoms with E-state index in [1.165, 1.54) is 16.3 Å². The zero-order valence-corrected chi connectivity index (χ0v) is 18.4. The monoisotopic (exact) mass is 478 g/mol. The average molecular weight is 479 g/mol. The van der Waals surface area contributed by atoms with Gasteiger partial charge in [-0.25, -0.2) is 4.98 Å². The minimum Gasteiger partial charge on any atom is -0.379 e. The Hall–Kier alpha value is -2.88. The van der Waals surface area contributed by atoms with Crippen molar-refractivity contribution in [1.82, 2.24) is 19.8 Å². The van der Waals surface area contributed by atoms with Gasteiger partial charge in [-0.3, -0.25) is 14.3 Å². The highest BCUT2D eigenvalue weighted by Gasteiger charge is 2.32. The molecule has 6 nitrogen and oxygen atoms in total. The number of alkyl halides is 3. The van der Waals surface area contributed by atoms with Gasteiger partial charge in [0.15, 0.2) is 5.82 Å². The molecule has 1 saturated heterocycles. The molecule has 0 aliphatic carbocycles. The molecule has 0 bridgehead atoms. The SMILES string of the molecule is O=C(NCc1ccc(CN2CCOCC2)cc1)c1cccn1-c1ncc(C(F)(F)F)cc1Cl. The first-order valence-corrected chi connectivity index (χ1v) is 10.8. The lowest BCUT2D eigenvalue weighted by molar-refractivity contribution is -0.137. The van der Waals surface area contributed by atoms with Gasteiger partial charge in [-0.2, -0.15) is 13.2 Å². The quantitative estimate of drug-likeness (QED) is 0.573. The lowest BCUT2D eigenvalue weighted by Gasteiger charge is -2.26. The minimum absolute atomic E-state index is 0.0484. The van der Waals surface area contributed by atoms with Gasteiger partial charge in [0.2, 0.25) is 0 Å². The Morgan fingerprint density at radius 3 is 2.48 bits per heavy atom. The largest absolute Gasteiger partial charge is 0.417 e. The average Bonchev–Trinajstić information content (AvgIpc) is 3.28. The van der Waals surface area contributed by atoms with Crippen LogP contribution >= 0.6 is 11.6 Å². The lowest BCUT2D eigenvalue weighted by atomic mass is 10.1. The smallest absolute Gasteiger partial charge is 0.379 e. The molecule has 0 atom stereocenters. The van der Waals surface area contributed by atoms with E-state index < -0.39 is 17.6 Å². The molecule has 2 aromatic heterocycles. The minimum atomic E-state index is -4.55. The summed E-state index contributed by atoms with van der Waals surface area (Å²) in [6.45, 7) is 4.48. The molecule has 0 radical (unpaired) electrons. The Morgan fingerprint density at radius 2 is 1.82 bits per heavy atom. The Balaban J connectivity index is 1.40. The molecule has 1 aromatic carbocycles. The fourth-order valence-electron chi connectivity index (χ4n) is 3.57. The lowest BCUT2D eigenvalue weighted by Crippen LogP contribution is -2.35. The van der Waals surface area contributed by atoms with Gasteiger partial charge in [0.05, 0.1) is 23.8 Å². The summed E-state index contributed by atoms with van der Waals surface area (Å²) >= 11 is 6.04. The molecule has 1 amide bonds. The van der Waals surface area contributed by atoms with Crippen molar-refractivity contribution >= 4 is 17.5 Å². The molecule has 0 unspecified atom stereocenters. The Morgan fingerprint density at radius 1 is 1.12 bits per heavy atom. The van der Waals surface area contributed by atoms with Gasteiger partial charge in [-0.15, -0.1) is 0 Å². The number of nitrogens with zero attached hydrogens (tertiary/aromatic N) is 3. The number of amides is 1. The van der Waals surface area contributed by atoms with Crippen LogP contribution in [0.15, 0.2) is 54.9 Å². The summed E-state index contributed by atoms with van der Waals surface area (Å²) in [5, 5.41) is 2.63. The Bertz CT molecular complexity index is 1110. The number of ether oxygens (including phenoxy) is 1. The van der Waals surface area contributed by atoms with Crippen LogP contribution in [-0.2, 0) is 24.0 Å². The van der Waals surface area contributed by atoms with Crippen molar-refractivity contribution in [3.8, 4) is 5.82 Å². The van der Waals surface area contributed by atoms with Gasteiger partial charge >= 0.3 is 6.18 Å². The van der Waals surface area contributed by atoms with Gasteiger partial charge in [0.1, 0.15) is 5.69 Å². The van der Waals surface area contributed by atoms with Crippen LogP contribution in [0.4, 0.5) is 13.2 Å². The van der Waals surface area contributed by atoms with Gasteiger partial charge in [-0.1, -0.05) is 35.9 Å². The molecule has 33 heavy (non-hydrogen) atoms. The number of hydrogen-bond acceptors (Lipinski definition) is 4. The number of pyridine rings is 1. The maximum atomic E-state index is 12.9. The fourth-order valence-corrected chi connectivity index (χ4v) is 3.82. The second-order valence-corrected chi connectivity index (χ2v) is 8.09. The summed E-state index contributed by atoms with van der Waals surface area (Å²) in [6, 6.07) is 11.9. The number of carbonyl (C=O) groups is 1. The normalized spacial score (nSPS) is 14.9. The van der Waals surface area contributed by atoms with Crippen LogP contribution in [0.3, 0.4) is 0 Å². The van der Waals surface area contributed by atoms with Gasteiger partial charge in [0, 0.05) is 38.6 Å². The first-order chi connectivity index (χ1) is 15.8. The topological polar surface area (TPSA) is 59.4 Å². The standard InChI is InChI=1S/C23H22ClF3N4O2/c24-19-12-18(23(25,26)27)14-28-21(19)31-7-1-2-20(31)22(32)29-13-16-3-5-17(6-4-16)15-30-8-10-33-11-9-30/h1-7,12,14H,8-11,13,15H2,(H,29,32). The van der Waals surface area contributed by atoms with E-state index in [0.717, 1.165) is 44.5 Å². The number of carbonyl (C=O) groups excluding carboxylic acids is 1. The second-order valence-electron chi connectivity index (χ2n) is 7.68. The van der Waals surface area contributed by atoms with Crippen molar-refractivity contribution < 1.29 is 22.7 Å². The van der Waals surface area contributed by atoms with E-state index in [1.54, 1.807) is 12.1 Å². The van der Waals surface area contributed by atoms with Crippen LogP contribution in [0, 0.1) is 0 Å². The third kappa shape index (κ3) is 5.73. The highest BCUT2D eigenvalue weighted by atomic mass is 35.5. The van der Waals surface area contributed by atoms with Crippen molar-refractivity contribution in [2.75, 3.05) is 26.3 Å². The van der Waals surface area contributed by atoms with E-state index in [9.17, 15) is 18.0 Å². The molecule has 4 rings (SSSR count). The fraction of sp³-hybridized carbons (Fsp3) is 0.304. The number of morpholine rings is 1. The van der Waals surface area contributed by atoms with E-state index in [1.807, 2.05) is 24.3 Å². The zero-order valence-electron chi connectivity index (χ0n) is 17.6. The van der Waals surface area contributed by atoms with Crippen LogP contribution in [0.5, 0.6) is 0 Å². The summed E-state index contributed by atoms with van der Waals surface area (Å²) in [4.78, 5) is 18.9. The highest BCUT2D eigenvalue weighted by molar-refractivity contribution is 6.32. The van der Waals surface area contributed by atoms with Crippen LogP contribution in [0.1, 0.15) is 27.2 Å². The van der Waals surface area contributed by atoms with Crippen molar-refractivity contribution in [2.24, 2.45) is 0 Å². The first-order valence-electron chi connectivity index (χ1n) is 10.4. The third-order valence-electron chi connectivity index (χ3n) is 5.34. The van der Waals surface area contributed by atoms with Crippen molar-refractivity contribution in [2.45, 2.75) is 19.3 Å². The Kier molecular flexibility index (Phi) is 7.02. The van der Waals surface area contributed by atoms with Gasteiger partial charge < -0.3 is 10.1 Å². The summed E-state index contributed by atoms with van der Waals surface area (Å²) < 4.78 is 45.4. The van der Waals surface area contributed by atoms with Crippen LogP contribution in [0.2, 0.25) is 5.02 Å². The zero-order chi connectivity index (χ0) is 23.4. The summed E-state index contributed by atoms with van der Waals surface area (Å²) in [5.41, 5.74) is 1.38. The van der Waals surface area contributed by atoms with E-state index in [4.69, 9.17) is 16.3 Å². The highest BCUT2D eigenvalue weighted by Crippen LogP contribution is 2.32. The molecule has 1 aliphatic heterocycles. The van der Waals surface area contributed by atoms with E-state index in [-0.39, 0.29) is 16.5 Å². The molecule has 1 fully saturated rings. The Labute approximate surface area is 193 Å². The number of benzene rings is 1. The van der Waals surface area contributed by atoms with Crippen molar-refractivity contribution in [1.29, 1.82) is 0 Å². The molecule has 1 aliphatic rings. The van der Waals surface area contributed by atoms with Gasteiger partial charge in [0.25, 0.3) is 5.91 Å².